The van der Waals surface area contributed by atoms with Crippen molar-refractivity contribution in [3.8, 4) is 11.3 Å². The highest BCUT2D eigenvalue weighted by atomic mass is 32.2. The number of hydrogen-bond donors (Lipinski definition) is 0. The first-order valence-corrected chi connectivity index (χ1v) is 10.3. The number of hydrogen-bond acceptors (Lipinski definition) is 5. The fourth-order valence-electron chi connectivity index (χ4n) is 2.63. The molecule has 2 heterocycles. The van der Waals surface area contributed by atoms with Gasteiger partial charge in [-0.3, -0.25) is 4.79 Å². The van der Waals surface area contributed by atoms with Crippen LogP contribution in [0.5, 0.6) is 0 Å². The topological polar surface area (TPSA) is 81.9 Å². The number of aromatic nitrogens is 3. The lowest BCUT2D eigenvalue weighted by atomic mass is 10.0. The molecular weight excluding hydrogens is 338 g/mol. The normalized spacial score (nSPS) is 11.9. The Kier molecular flexibility index (Phi) is 5.77. The maximum atomic E-state index is 12.3. The predicted octanol–water partition coefficient (Wildman–Crippen LogP) is 2.94. The second-order valence-corrected chi connectivity index (χ2v) is 8.53. The second-order valence-electron chi connectivity index (χ2n) is 6.62. The molecule has 136 valence electrons. The Labute approximate surface area is 148 Å². The van der Waals surface area contributed by atoms with Crippen LogP contribution in [0.25, 0.3) is 11.3 Å². The molecule has 2 aromatic heterocycles. The molecule has 25 heavy (non-hydrogen) atoms. The van der Waals surface area contributed by atoms with E-state index in [1.165, 1.54) is 0 Å². The van der Waals surface area contributed by atoms with Crippen molar-refractivity contribution in [1.29, 1.82) is 0 Å². The van der Waals surface area contributed by atoms with Gasteiger partial charge in [0.15, 0.2) is 0 Å². The summed E-state index contributed by atoms with van der Waals surface area (Å²) in [4.78, 5) is 20.7. The van der Waals surface area contributed by atoms with Crippen molar-refractivity contribution in [2.24, 2.45) is 0 Å². The standard InChI is InChI=1S/C18H25N3O3S/c1-6-7-8-14-10-19-18(25(5,23)24)20-16(14)15-9-13(4)17(22)21(11-15)12(2)3/h9-12H,6-8H2,1-5H3. The third-order valence-corrected chi connectivity index (χ3v) is 4.89. The van der Waals surface area contributed by atoms with Crippen molar-refractivity contribution in [3.63, 3.8) is 0 Å². The van der Waals surface area contributed by atoms with Crippen molar-refractivity contribution in [1.82, 2.24) is 14.5 Å². The molecule has 0 saturated heterocycles. The quantitative estimate of drug-likeness (QED) is 0.737. The molecular formula is C18H25N3O3S. The molecule has 0 saturated carbocycles. The Hall–Kier alpha value is -2.02. The average Bonchev–Trinajstić information content (AvgIpc) is 2.54. The molecule has 0 radical (unpaired) electrons. The van der Waals surface area contributed by atoms with Crippen LogP contribution in [0.2, 0.25) is 0 Å². The molecule has 0 spiro atoms. The van der Waals surface area contributed by atoms with Crippen LogP contribution in [0.15, 0.2) is 28.4 Å². The van der Waals surface area contributed by atoms with E-state index in [4.69, 9.17) is 0 Å². The van der Waals surface area contributed by atoms with Gasteiger partial charge in [-0.15, -0.1) is 0 Å². The van der Waals surface area contributed by atoms with Crippen LogP contribution in [-0.4, -0.2) is 29.2 Å². The lowest BCUT2D eigenvalue weighted by molar-refractivity contribution is 0.576. The first-order valence-electron chi connectivity index (χ1n) is 8.44. The molecule has 2 aromatic rings. The smallest absolute Gasteiger partial charge is 0.253 e. The summed E-state index contributed by atoms with van der Waals surface area (Å²) in [5.74, 6) is 0. The highest BCUT2D eigenvalue weighted by Crippen LogP contribution is 2.24. The minimum atomic E-state index is -3.51. The fourth-order valence-corrected chi connectivity index (χ4v) is 3.13. The van der Waals surface area contributed by atoms with Gasteiger partial charge in [0, 0.05) is 35.8 Å². The van der Waals surface area contributed by atoms with Gasteiger partial charge in [0.25, 0.3) is 5.56 Å². The minimum absolute atomic E-state index is 0.00135. The van der Waals surface area contributed by atoms with Gasteiger partial charge in [-0.25, -0.2) is 18.4 Å². The summed E-state index contributed by atoms with van der Waals surface area (Å²) in [6.45, 7) is 7.72. The summed E-state index contributed by atoms with van der Waals surface area (Å²) in [6.07, 6.45) is 7.17. The van der Waals surface area contributed by atoms with Gasteiger partial charge in [-0.05, 0) is 45.2 Å². The van der Waals surface area contributed by atoms with E-state index in [1.807, 2.05) is 13.8 Å². The van der Waals surface area contributed by atoms with E-state index in [-0.39, 0.29) is 16.8 Å². The zero-order chi connectivity index (χ0) is 18.8. The Morgan fingerprint density at radius 1 is 1.28 bits per heavy atom. The zero-order valence-electron chi connectivity index (χ0n) is 15.4. The molecule has 7 heteroatoms. The molecule has 0 aromatic carbocycles. The second kappa shape index (κ2) is 7.47. The lowest BCUT2D eigenvalue weighted by Gasteiger charge is -2.15. The number of pyridine rings is 1. The first-order chi connectivity index (χ1) is 11.6. The first kappa shape index (κ1) is 19.3. The Bertz CT molecular complexity index is 931. The molecule has 0 aliphatic rings. The fraction of sp³-hybridized carbons (Fsp3) is 0.500. The Balaban J connectivity index is 2.72. The third kappa shape index (κ3) is 4.34. The highest BCUT2D eigenvalue weighted by molar-refractivity contribution is 7.90. The summed E-state index contributed by atoms with van der Waals surface area (Å²) < 4.78 is 25.4. The van der Waals surface area contributed by atoms with Crippen LogP contribution < -0.4 is 5.56 Å². The van der Waals surface area contributed by atoms with E-state index in [0.29, 0.717) is 11.3 Å². The maximum absolute atomic E-state index is 12.3. The number of sulfone groups is 1. The van der Waals surface area contributed by atoms with Crippen molar-refractivity contribution in [2.75, 3.05) is 6.26 Å². The van der Waals surface area contributed by atoms with Crippen LogP contribution in [0.4, 0.5) is 0 Å². The molecule has 0 aliphatic heterocycles. The van der Waals surface area contributed by atoms with E-state index >= 15 is 0 Å². The molecule has 2 rings (SSSR count). The van der Waals surface area contributed by atoms with Gasteiger partial charge in [-0.1, -0.05) is 13.3 Å². The number of rotatable bonds is 6. The Morgan fingerprint density at radius 2 is 1.96 bits per heavy atom. The summed E-state index contributed by atoms with van der Waals surface area (Å²) in [5.41, 5.74) is 2.77. The highest BCUT2D eigenvalue weighted by Gasteiger charge is 2.17. The summed E-state index contributed by atoms with van der Waals surface area (Å²) >= 11 is 0. The molecule has 0 aliphatic carbocycles. The van der Waals surface area contributed by atoms with Gasteiger partial charge in [0.1, 0.15) is 0 Å². The molecule has 0 unspecified atom stereocenters. The van der Waals surface area contributed by atoms with Gasteiger partial charge < -0.3 is 4.57 Å². The third-order valence-electron chi connectivity index (χ3n) is 4.03. The van der Waals surface area contributed by atoms with Crippen molar-refractivity contribution < 1.29 is 8.42 Å². The molecule has 0 bridgehead atoms. The van der Waals surface area contributed by atoms with Gasteiger partial charge in [0.2, 0.25) is 15.0 Å². The molecule has 0 atom stereocenters. The van der Waals surface area contributed by atoms with Crippen LogP contribution in [-0.2, 0) is 16.3 Å². The zero-order valence-corrected chi connectivity index (χ0v) is 16.2. The monoisotopic (exact) mass is 363 g/mol. The summed E-state index contributed by atoms with van der Waals surface area (Å²) in [5, 5.41) is -0.192. The van der Waals surface area contributed by atoms with Crippen LogP contribution >= 0.6 is 0 Å². The molecule has 0 fully saturated rings. The van der Waals surface area contributed by atoms with Crippen LogP contribution in [0.3, 0.4) is 0 Å². The van der Waals surface area contributed by atoms with Crippen LogP contribution in [0.1, 0.15) is 50.8 Å². The number of nitrogens with zero attached hydrogens (tertiary/aromatic N) is 3. The minimum Gasteiger partial charge on any atom is -0.312 e. The lowest BCUT2D eigenvalue weighted by Crippen LogP contribution is -2.23. The van der Waals surface area contributed by atoms with Crippen molar-refractivity contribution in [3.05, 3.63) is 39.9 Å². The maximum Gasteiger partial charge on any atom is 0.253 e. The number of aryl methyl sites for hydroxylation is 2. The molecule has 6 nitrogen and oxygen atoms in total. The van der Waals surface area contributed by atoms with Gasteiger partial charge in [-0.2, -0.15) is 0 Å². The Morgan fingerprint density at radius 3 is 2.52 bits per heavy atom. The summed E-state index contributed by atoms with van der Waals surface area (Å²) in [6, 6.07) is 1.77. The van der Waals surface area contributed by atoms with E-state index in [0.717, 1.165) is 36.6 Å². The van der Waals surface area contributed by atoms with Crippen molar-refractivity contribution >= 4 is 9.84 Å². The largest absolute Gasteiger partial charge is 0.312 e. The van der Waals surface area contributed by atoms with E-state index < -0.39 is 9.84 Å². The van der Waals surface area contributed by atoms with E-state index in [2.05, 4.69) is 16.9 Å². The molecule has 0 N–H and O–H groups in total. The van der Waals surface area contributed by atoms with Gasteiger partial charge >= 0.3 is 0 Å². The number of unbranched alkanes of at least 4 members (excludes halogenated alkanes) is 1. The molecule has 0 amide bonds. The summed E-state index contributed by atoms with van der Waals surface area (Å²) in [7, 11) is -3.51. The average molecular weight is 363 g/mol. The van der Waals surface area contributed by atoms with E-state index in [9.17, 15) is 13.2 Å². The predicted molar refractivity (Wildman–Crippen MR) is 98.6 cm³/mol. The van der Waals surface area contributed by atoms with E-state index in [1.54, 1.807) is 30.0 Å². The van der Waals surface area contributed by atoms with Crippen molar-refractivity contribution in [2.45, 2.75) is 58.2 Å². The SMILES string of the molecule is CCCCc1cnc(S(C)(=O)=O)nc1-c1cc(C)c(=O)n(C(C)C)c1. The van der Waals surface area contributed by atoms with Gasteiger partial charge in [0.05, 0.1) is 5.69 Å². The van der Waals surface area contributed by atoms with Crippen LogP contribution in [0, 0.1) is 6.92 Å².